The van der Waals surface area contributed by atoms with Crippen LogP contribution >= 0.6 is 0 Å². The van der Waals surface area contributed by atoms with Crippen LogP contribution in [0.1, 0.15) is 0 Å². The number of hydrazone groups is 1. The first-order valence-electron chi connectivity index (χ1n) is 2.69. The first kappa shape index (κ1) is 8.17. The van der Waals surface area contributed by atoms with E-state index in [1.165, 1.54) is 12.3 Å². The highest BCUT2D eigenvalue weighted by Crippen LogP contribution is 1.79. The molecule has 0 aromatic rings. The zero-order chi connectivity index (χ0) is 7.28. The van der Waals surface area contributed by atoms with Crippen LogP contribution in [0.3, 0.4) is 0 Å². The summed E-state index contributed by atoms with van der Waals surface area (Å²) in [6.45, 7) is 3.38. The average Bonchev–Trinajstić information content (AvgIpc) is 1.83. The molecule has 0 heterocycles. The number of rotatable bonds is 3. The number of hydrogen-bond acceptors (Lipinski definition) is 3. The molecule has 9 heavy (non-hydrogen) atoms. The Morgan fingerprint density at radius 2 is 2.22 bits per heavy atom. The molecule has 0 spiro atoms. The Morgan fingerprint density at radius 1 is 1.67 bits per heavy atom. The molecule has 52 valence electrons. The Bertz CT molecular complexity index is 110. The molecule has 0 aliphatic rings. The highest BCUT2D eigenvalue weighted by molar-refractivity contribution is 5.64. The zero-order valence-corrected chi connectivity index (χ0v) is 5.78. The molecule has 0 radical (unpaired) electrons. The topological polar surface area (TPSA) is 35.8 Å². The maximum Gasteiger partial charge on any atom is 0.109 e. The van der Waals surface area contributed by atoms with Crippen LogP contribution in [0.25, 0.3) is 0 Å². The molecule has 1 atom stereocenters. The molecular formula is C6H12N2O. The molecule has 0 fully saturated rings. The van der Waals surface area contributed by atoms with E-state index in [9.17, 15) is 0 Å². The summed E-state index contributed by atoms with van der Waals surface area (Å²) in [5.74, 6) is 0. The molecule has 0 amide bonds. The van der Waals surface area contributed by atoms with Crippen molar-refractivity contribution in [1.82, 2.24) is 5.01 Å². The van der Waals surface area contributed by atoms with E-state index < -0.39 is 6.10 Å². The molecule has 1 unspecified atom stereocenters. The molecular weight excluding hydrogens is 116 g/mol. The normalized spacial score (nSPS) is 13.7. The molecule has 1 N–H and O–H groups in total. The van der Waals surface area contributed by atoms with E-state index in [-0.39, 0.29) is 0 Å². The average molecular weight is 128 g/mol. The number of nitrogens with zero attached hydrogens (tertiary/aromatic N) is 2. The van der Waals surface area contributed by atoms with E-state index in [0.29, 0.717) is 0 Å². The molecule has 3 heteroatoms. The van der Waals surface area contributed by atoms with Gasteiger partial charge in [-0.2, -0.15) is 5.10 Å². The van der Waals surface area contributed by atoms with Gasteiger partial charge in [0.05, 0.1) is 6.21 Å². The van der Waals surface area contributed by atoms with E-state index >= 15 is 0 Å². The van der Waals surface area contributed by atoms with Crippen molar-refractivity contribution in [3.63, 3.8) is 0 Å². The Morgan fingerprint density at radius 3 is 2.56 bits per heavy atom. The van der Waals surface area contributed by atoms with Gasteiger partial charge in [-0.3, -0.25) is 0 Å². The third-order valence-electron chi connectivity index (χ3n) is 0.692. The van der Waals surface area contributed by atoms with Crippen molar-refractivity contribution in [2.75, 3.05) is 14.1 Å². The van der Waals surface area contributed by atoms with Crippen molar-refractivity contribution in [2.24, 2.45) is 5.10 Å². The van der Waals surface area contributed by atoms with Crippen molar-refractivity contribution >= 4 is 6.21 Å². The number of aliphatic hydroxyl groups excluding tert-OH is 1. The SMILES string of the molecule is C=CC(O)C=NN(C)C. The van der Waals surface area contributed by atoms with Gasteiger partial charge in [0.2, 0.25) is 0 Å². The van der Waals surface area contributed by atoms with Gasteiger partial charge in [0.1, 0.15) is 6.10 Å². The molecule has 0 saturated carbocycles. The smallest absolute Gasteiger partial charge is 0.109 e. The molecule has 0 aromatic heterocycles. The third kappa shape index (κ3) is 5.03. The predicted molar refractivity (Wildman–Crippen MR) is 38.4 cm³/mol. The molecule has 0 rings (SSSR count). The minimum atomic E-state index is -0.632. The van der Waals surface area contributed by atoms with Crippen LogP contribution in [0.5, 0.6) is 0 Å². The Balaban J connectivity index is 3.56. The second-order valence-corrected chi connectivity index (χ2v) is 1.84. The summed E-state index contributed by atoms with van der Waals surface area (Å²) in [7, 11) is 3.57. The van der Waals surface area contributed by atoms with E-state index in [1.54, 1.807) is 19.1 Å². The van der Waals surface area contributed by atoms with Gasteiger partial charge in [-0.1, -0.05) is 6.08 Å². The molecule has 0 aliphatic heterocycles. The predicted octanol–water partition coefficient (Wildman–Crippen LogP) is 0.0807. The molecule has 3 nitrogen and oxygen atoms in total. The van der Waals surface area contributed by atoms with Crippen molar-refractivity contribution in [1.29, 1.82) is 0 Å². The van der Waals surface area contributed by atoms with Crippen molar-refractivity contribution in [3.05, 3.63) is 12.7 Å². The second kappa shape index (κ2) is 4.09. The molecule has 0 bridgehead atoms. The van der Waals surface area contributed by atoms with Crippen LogP contribution in [0.2, 0.25) is 0 Å². The Kier molecular flexibility index (Phi) is 3.71. The lowest BCUT2D eigenvalue weighted by Crippen LogP contribution is -2.08. The monoisotopic (exact) mass is 128 g/mol. The maximum atomic E-state index is 8.81. The van der Waals surface area contributed by atoms with Gasteiger partial charge < -0.3 is 10.1 Å². The number of hydrogen-bond donors (Lipinski definition) is 1. The van der Waals surface area contributed by atoms with E-state index in [2.05, 4.69) is 11.7 Å². The van der Waals surface area contributed by atoms with Gasteiger partial charge in [0.25, 0.3) is 0 Å². The summed E-state index contributed by atoms with van der Waals surface area (Å²) in [4.78, 5) is 0. The fraction of sp³-hybridized carbons (Fsp3) is 0.500. The van der Waals surface area contributed by atoms with Gasteiger partial charge in [0.15, 0.2) is 0 Å². The standard InChI is InChI=1S/C6H12N2O/c1-4-6(9)5-7-8(2)3/h4-6,9H,1H2,2-3H3. The van der Waals surface area contributed by atoms with Crippen LogP contribution < -0.4 is 0 Å². The van der Waals surface area contributed by atoms with Gasteiger partial charge in [-0.15, -0.1) is 6.58 Å². The van der Waals surface area contributed by atoms with Gasteiger partial charge in [-0.05, 0) is 0 Å². The van der Waals surface area contributed by atoms with E-state index in [1.807, 2.05) is 0 Å². The summed E-state index contributed by atoms with van der Waals surface area (Å²) in [5.41, 5.74) is 0. The van der Waals surface area contributed by atoms with Crippen LogP contribution in [-0.4, -0.2) is 36.5 Å². The Labute approximate surface area is 55.3 Å². The third-order valence-corrected chi connectivity index (χ3v) is 0.692. The summed E-state index contributed by atoms with van der Waals surface area (Å²) in [6.07, 6.45) is 2.19. The lowest BCUT2D eigenvalue weighted by molar-refractivity contribution is 0.290. The lowest BCUT2D eigenvalue weighted by atomic mass is 10.4. The summed E-state index contributed by atoms with van der Waals surface area (Å²) in [5, 5.41) is 14.2. The largest absolute Gasteiger partial charge is 0.383 e. The fourth-order valence-electron chi connectivity index (χ4n) is 0.262. The van der Waals surface area contributed by atoms with Crippen LogP contribution in [0.4, 0.5) is 0 Å². The minimum Gasteiger partial charge on any atom is -0.383 e. The minimum absolute atomic E-state index is 0.632. The number of aliphatic hydroxyl groups is 1. The van der Waals surface area contributed by atoms with Crippen LogP contribution in [-0.2, 0) is 0 Å². The van der Waals surface area contributed by atoms with Crippen LogP contribution in [0, 0.1) is 0 Å². The summed E-state index contributed by atoms with van der Waals surface area (Å²) < 4.78 is 0. The van der Waals surface area contributed by atoms with Crippen molar-refractivity contribution < 1.29 is 5.11 Å². The van der Waals surface area contributed by atoms with E-state index in [0.717, 1.165) is 0 Å². The highest BCUT2D eigenvalue weighted by atomic mass is 16.3. The highest BCUT2D eigenvalue weighted by Gasteiger charge is 1.88. The molecule has 0 aliphatic carbocycles. The van der Waals surface area contributed by atoms with Gasteiger partial charge in [0, 0.05) is 14.1 Å². The fourth-order valence-corrected chi connectivity index (χ4v) is 0.262. The quantitative estimate of drug-likeness (QED) is 0.332. The van der Waals surface area contributed by atoms with Gasteiger partial charge >= 0.3 is 0 Å². The lowest BCUT2D eigenvalue weighted by Gasteiger charge is -2.02. The first-order valence-corrected chi connectivity index (χ1v) is 2.69. The van der Waals surface area contributed by atoms with Crippen molar-refractivity contribution in [3.8, 4) is 0 Å². The maximum absolute atomic E-state index is 8.81. The molecule has 0 aromatic carbocycles. The zero-order valence-electron chi connectivity index (χ0n) is 5.78. The first-order chi connectivity index (χ1) is 4.16. The summed E-state index contributed by atoms with van der Waals surface area (Å²) >= 11 is 0. The van der Waals surface area contributed by atoms with E-state index in [4.69, 9.17) is 5.11 Å². The molecule has 0 saturated heterocycles. The summed E-state index contributed by atoms with van der Waals surface area (Å²) in [6, 6.07) is 0. The van der Waals surface area contributed by atoms with Gasteiger partial charge in [-0.25, -0.2) is 0 Å². The Hall–Kier alpha value is -0.830. The second-order valence-electron chi connectivity index (χ2n) is 1.84. The van der Waals surface area contributed by atoms with Crippen molar-refractivity contribution in [2.45, 2.75) is 6.10 Å². The van der Waals surface area contributed by atoms with Crippen LogP contribution in [0.15, 0.2) is 17.8 Å².